The maximum absolute atomic E-state index is 12.3. The smallest absolute Gasteiger partial charge is 0.271 e. The van der Waals surface area contributed by atoms with E-state index in [1.807, 2.05) is 31.2 Å². The van der Waals surface area contributed by atoms with Crippen LogP contribution < -0.4 is 15.5 Å². The summed E-state index contributed by atoms with van der Waals surface area (Å²) in [5.74, 6) is -0.655. The van der Waals surface area contributed by atoms with Crippen LogP contribution in [0, 0.1) is 28.4 Å². The van der Waals surface area contributed by atoms with Gasteiger partial charge in [0.05, 0.1) is 4.92 Å². The molecule has 1 amide bonds. The Morgan fingerprint density at radius 1 is 1.24 bits per heavy atom. The van der Waals surface area contributed by atoms with Crippen molar-refractivity contribution in [3.63, 3.8) is 0 Å². The molecule has 0 bridgehead atoms. The zero-order valence-corrected chi connectivity index (χ0v) is 16.6. The van der Waals surface area contributed by atoms with E-state index in [2.05, 4.69) is 29.4 Å². The van der Waals surface area contributed by atoms with Crippen molar-refractivity contribution in [1.82, 2.24) is 0 Å². The summed E-state index contributed by atoms with van der Waals surface area (Å²) in [6.45, 7) is 7.93. The summed E-state index contributed by atoms with van der Waals surface area (Å²) in [6.07, 6.45) is 1.33. The third-order valence-electron chi connectivity index (χ3n) is 4.39. The number of rotatable bonds is 8. The average molecular weight is 393 g/mol. The molecule has 0 aromatic heterocycles. The van der Waals surface area contributed by atoms with E-state index >= 15 is 0 Å². The lowest BCUT2D eigenvalue weighted by atomic mass is 10.1. The van der Waals surface area contributed by atoms with Crippen LogP contribution in [0.25, 0.3) is 0 Å². The third kappa shape index (κ3) is 5.56. The second kappa shape index (κ2) is 9.90. The van der Waals surface area contributed by atoms with Gasteiger partial charge >= 0.3 is 0 Å². The summed E-state index contributed by atoms with van der Waals surface area (Å²) in [7, 11) is 0. The van der Waals surface area contributed by atoms with Gasteiger partial charge in [-0.1, -0.05) is 6.07 Å². The number of carbonyl (C=O) groups is 1. The first kappa shape index (κ1) is 21.4. The lowest BCUT2D eigenvalue weighted by molar-refractivity contribution is -0.384. The normalized spacial score (nSPS) is 10.8. The monoisotopic (exact) mass is 393 g/mol. The molecule has 0 aliphatic heterocycles. The maximum atomic E-state index is 12.3. The Morgan fingerprint density at radius 3 is 2.55 bits per heavy atom. The fraction of sp³-hybridized carbons (Fsp3) is 0.238. The molecule has 29 heavy (non-hydrogen) atoms. The van der Waals surface area contributed by atoms with Gasteiger partial charge in [-0.05, 0) is 50.6 Å². The molecule has 0 spiro atoms. The Hall–Kier alpha value is -3.86. The molecule has 0 aliphatic rings. The third-order valence-corrected chi connectivity index (χ3v) is 4.39. The molecule has 0 aliphatic carbocycles. The summed E-state index contributed by atoms with van der Waals surface area (Å²) >= 11 is 0. The topological polar surface area (TPSA) is 111 Å². The van der Waals surface area contributed by atoms with E-state index < -0.39 is 10.8 Å². The van der Waals surface area contributed by atoms with Gasteiger partial charge in [0.1, 0.15) is 11.6 Å². The Balaban J connectivity index is 2.14. The van der Waals surface area contributed by atoms with Crippen molar-refractivity contribution in [2.24, 2.45) is 0 Å². The van der Waals surface area contributed by atoms with Crippen molar-refractivity contribution in [3.8, 4) is 6.07 Å². The molecule has 2 aromatic rings. The van der Waals surface area contributed by atoms with Crippen LogP contribution in [0.15, 0.2) is 54.2 Å². The molecule has 2 aromatic carbocycles. The van der Waals surface area contributed by atoms with Gasteiger partial charge in [0, 0.05) is 48.5 Å². The van der Waals surface area contributed by atoms with Gasteiger partial charge in [0.15, 0.2) is 0 Å². The van der Waals surface area contributed by atoms with Gasteiger partial charge in [-0.2, -0.15) is 5.26 Å². The first-order chi connectivity index (χ1) is 13.9. The van der Waals surface area contributed by atoms with Crippen LogP contribution in [-0.2, 0) is 4.79 Å². The first-order valence-corrected chi connectivity index (χ1v) is 9.17. The van der Waals surface area contributed by atoms with Gasteiger partial charge in [-0.25, -0.2) is 0 Å². The molecule has 0 fully saturated rings. The highest BCUT2D eigenvalue weighted by Gasteiger charge is 2.12. The predicted octanol–water partition coefficient (Wildman–Crippen LogP) is 4.21. The van der Waals surface area contributed by atoms with Crippen LogP contribution in [0.5, 0.6) is 0 Å². The minimum atomic E-state index is -0.655. The second-order valence-electron chi connectivity index (χ2n) is 6.25. The quantitative estimate of drug-likeness (QED) is 0.301. The maximum Gasteiger partial charge on any atom is 0.271 e. The number of nitriles is 1. The van der Waals surface area contributed by atoms with Crippen LogP contribution in [0.2, 0.25) is 0 Å². The summed E-state index contributed by atoms with van der Waals surface area (Å²) in [5.41, 5.74) is 2.80. The standard InChI is InChI=1S/C21H23N5O3/c1-4-25(5-2)18-9-10-20(15(3)11-18)23-14-16(13-22)21(27)24-17-7-6-8-19(12-17)26(28)29/h6-12,14,23H,4-5H2,1-3H3,(H,24,27)/b16-14-. The number of benzene rings is 2. The molecule has 0 unspecified atom stereocenters. The van der Waals surface area contributed by atoms with Crippen LogP contribution in [0.1, 0.15) is 19.4 Å². The zero-order chi connectivity index (χ0) is 21.4. The minimum Gasteiger partial charge on any atom is -0.372 e. The fourth-order valence-electron chi connectivity index (χ4n) is 2.79. The number of nitrogens with zero attached hydrogens (tertiary/aromatic N) is 3. The van der Waals surface area contributed by atoms with Crippen molar-refractivity contribution < 1.29 is 9.72 Å². The molecule has 8 heteroatoms. The highest BCUT2D eigenvalue weighted by molar-refractivity contribution is 6.06. The Labute approximate surface area is 169 Å². The molecule has 2 N–H and O–H groups in total. The van der Waals surface area contributed by atoms with E-state index in [1.54, 1.807) is 0 Å². The van der Waals surface area contributed by atoms with Crippen molar-refractivity contribution >= 4 is 28.7 Å². The number of amides is 1. The van der Waals surface area contributed by atoms with Crippen molar-refractivity contribution in [2.45, 2.75) is 20.8 Å². The van der Waals surface area contributed by atoms with Gasteiger partial charge in [0.2, 0.25) is 0 Å². The van der Waals surface area contributed by atoms with E-state index in [0.717, 1.165) is 30.0 Å². The Kier molecular flexibility index (Phi) is 7.32. The molecule has 2 rings (SSSR count). The first-order valence-electron chi connectivity index (χ1n) is 9.17. The number of nitrogens with one attached hydrogen (secondary N) is 2. The molecule has 0 heterocycles. The van der Waals surface area contributed by atoms with Crippen LogP contribution in [-0.4, -0.2) is 23.9 Å². The van der Waals surface area contributed by atoms with Gasteiger partial charge < -0.3 is 15.5 Å². The molecule has 0 atom stereocenters. The molecule has 8 nitrogen and oxygen atoms in total. The number of aryl methyl sites for hydroxylation is 1. The number of non-ortho nitro benzene ring substituents is 1. The van der Waals surface area contributed by atoms with Crippen LogP contribution in [0.4, 0.5) is 22.7 Å². The van der Waals surface area contributed by atoms with Gasteiger partial charge in [-0.3, -0.25) is 14.9 Å². The van der Waals surface area contributed by atoms with Crippen molar-refractivity contribution in [2.75, 3.05) is 28.6 Å². The van der Waals surface area contributed by atoms with E-state index in [9.17, 15) is 20.2 Å². The highest BCUT2D eigenvalue weighted by atomic mass is 16.6. The molecule has 0 saturated heterocycles. The molecular weight excluding hydrogens is 370 g/mol. The Bertz CT molecular complexity index is 975. The van der Waals surface area contributed by atoms with E-state index in [1.165, 1.54) is 30.5 Å². The van der Waals surface area contributed by atoms with Crippen LogP contribution >= 0.6 is 0 Å². The van der Waals surface area contributed by atoms with Crippen molar-refractivity contribution in [1.29, 1.82) is 5.26 Å². The molecule has 0 radical (unpaired) electrons. The summed E-state index contributed by atoms with van der Waals surface area (Å²) < 4.78 is 0. The number of carbonyl (C=O) groups excluding carboxylic acids is 1. The highest BCUT2D eigenvalue weighted by Crippen LogP contribution is 2.23. The second-order valence-corrected chi connectivity index (χ2v) is 6.25. The van der Waals surface area contributed by atoms with E-state index in [0.29, 0.717) is 0 Å². The van der Waals surface area contributed by atoms with Gasteiger partial charge in [0.25, 0.3) is 11.6 Å². The number of nitro benzene ring substituents is 1. The SMILES string of the molecule is CCN(CC)c1ccc(N/C=C(/C#N)C(=O)Nc2cccc([N+](=O)[O-])c2)c(C)c1. The summed E-state index contributed by atoms with van der Waals surface area (Å²) in [4.78, 5) is 24.8. The minimum absolute atomic E-state index is 0.146. The number of anilines is 3. The Morgan fingerprint density at radius 2 is 1.97 bits per heavy atom. The largest absolute Gasteiger partial charge is 0.372 e. The van der Waals surface area contributed by atoms with Crippen LogP contribution in [0.3, 0.4) is 0 Å². The van der Waals surface area contributed by atoms with E-state index in [-0.39, 0.29) is 16.9 Å². The van der Waals surface area contributed by atoms with Crippen molar-refractivity contribution in [3.05, 3.63) is 69.9 Å². The molecule has 150 valence electrons. The molecule has 0 saturated carbocycles. The molecular formula is C21H23N5O3. The zero-order valence-electron chi connectivity index (χ0n) is 16.6. The summed E-state index contributed by atoms with van der Waals surface area (Å²) in [5, 5.41) is 25.6. The number of hydrogen-bond acceptors (Lipinski definition) is 6. The average Bonchev–Trinajstić information content (AvgIpc) is 2.71. The summed E-state index contributed by atoms with van der Waals surface area (Å²) in [6, 6.07) is 13.3. The lowest BCUT2D eigenvalue weighted by Gasteiger charge is -2.22. The fourth-order valence-corrected chi connectivity index (χ4v) is 2.79. The van der Waals surface area contributed by atoms with E-state index in [4.69, 9.17) is 0 Å². The lowest BCUT2D eigenvalue weighted by Crippen LogP contribution is -2.21. The van der Waals surface area contributed by atoms with Gasteiger partial charge in [-0.15, -0.1) is 0 Å². The predicted molar refractivity (Wildman–Crippen MR) is 114 cm³/mol. The number of nitro groups is 1. The number of hydrogen-bond donors (Lipinski definition) is 2.